The zero-order chi connectivity index (χ0) is 11.7. The van der Waals surface area contributed by atoms with Crippen molar-refractivity contribution < 1.29 is 0 Å². The van der Waals surface area contributed by atoms with E-state index in [9.17, 15) is 0 Å². The highest BCUT2D eigenvalue weighted by molar-refractivity contribution is 5.72. The second-order valence-electron chi connectivity index (χ2n) is 4.68. The summed E-state index contributed by atoms with van der Waals surface area (Å²) in [6.07, 6.45) is 1.15. The Kier molecular flexibility index (Phi) is 2.69. The van der Waals surface area contributed by atoms with E-state index in [0.717, 1.165) is 19.5 Å². The predicted octanol–water partition coefficient (Wildman–Crippen LogP) is 3.31. The van der Waals surface area contributed by atoms with Crippen molar-refractivity contribution >= 4 is 0 Å². The van der Waals surface area contributed by atoms with Crippen LogP contribution in [-0.4, -0.2) is 6.54 Å². The minimum absolute atomic E-state index is 1.000. The fourth-order valence-electron chi connectivity index (χ4n) is 2.64. The molecule has 1 heteroatoms. The average molecular weight is 223 g/mol. The molecule has 0 aliphatic carbocycles. The summed E-state index contributed by atoms with van der Waals surface area (Å²) in [5.41, 5.74) is 7.10. The Balaban J connectivity index is 2.18. The first-order chi connectivity index (χ1) is 8.36. The van der Waals surface area contributed by atoms with Crippen LogP contribution in [0.3, 0.4) is 0 Å². The van der Waals surface area contributed by atoms with Gasteiger partial charge in [0.1, 0.15) is 0 Å². The topological polar surface area (TPSA) is 12.0 Å². The molecule has 1 N–H and O–H groups in total. The number of hydrogen-bond donors (Lipinski definition) is 1. The van der Waals surface area contributed by atoms with Crippen molar-refractivity contribution in [1.82, 2.24) is 5.32 Å². The third kappa shape index (κ3) is 1.87. The molecule has 2 aromatic rings. The van der Waals surface area contributed by atoms with Gasteiger partial charge in [0.25, 0.3) is 0 Å². The van der Waals surface area contributed by atoms with Gasteiger partial charge in [-0.25, -0.2) is 0 Å². The molecule has 1 aliphatic rings. The molecule has 0 bridgehead atoms. The van der Waals surface area contributed by atoms with Crippen LogP contribution in [0.4, 0.5) is 0 Å². The van der Waals surface area contributed by atoms with Crippen molar-refractivity contribution in [2.45, 2.75) is 19.9 Å². The van der Waals surface area contributed by atoms with Crippen LogP contribution in [0, 0.1) is 6.92 Å². The lowest BCUT2D eigenvalue weighted by molar-refractivity contribution is 0.645. The smallest absolute Gasteiger partial charge is 0.0214 e. The van der Waals surface area contributed by atoms with Gasteiger partial charge in [0, 0.05) is 6.54 Å². The van der Waals surface area contributed by atoms with Gasteiger partial charge in [-0.15, -0.1) is 0 Å². The predicted molar refractivity (Wildman–Crippen MR) is 72.0 cm³/mol. The first-order valence-corrected chi connectivity index (χ1v) is 6.24. The molecule has 0 amide bonds. The van der Waals surface area contributed by atoms with E-state index in [1.807, 2.05) is 0 Å². The molecule has 2 aromatic carbocycles. The molecule has 86 valence electrons. The first-order valence-electron chi connectivity index (χ1n) is 6.24. The van der Waals surface area contributed by atoms with E-state index in [0.29, 0.717) is 0 Å². The Morgan fingerprint density at radius 2 is 1.76 bits per heavy atom. The lowest BCUT2D eigenvalue weighted by Crippen LogP contribution is -2.24. The summed E-state index contributed by atoms with van der Waals surface area (Å²) in [5.74, 6) is 0. The Labute approximate surface area is 102 Å². The summed E-state index contributed by atoms with van der Waals surface area (Å²) in [6, 6.07) is 15.3. The largest absolute Gasteiger partial charge is 0.312 e. The van der Waals surface area contributed by atoms with Crippen LogP contribution >= 0.6 is 0 Å². The van der Waals surface area contributed by atoms with Crippen LogP contribution in [0.5, 0.6) is 0 Å². The molecule has 0 saturated carbocycles. The minimum atomic E-state index is 1.000. The zero-order valence-corrected chi connectivity index (χ0v) is 10.2. The fourth-order valence-corrected chi connectivity index (χ4v) is 2.64. The number of nitrogens with one attached hydrogen (secondary N) is 1. The van der Waals surface area contributed by atoms with Crippen molar-refractivity contribution in [2.75, 3.05) is 6.54 Å². The van der Waals surface area contributed by atoms with E-state index in [1.165, 1.54) is 27.8 Å². The Bertz CT molecular complexity index is 543. The summed E-state index contributed by atoms with van der Waals surface area (Å²) in [4.78, 5) is 0. The minimum Gasteiger partial charge on any atom is -0.312 e. The highest BCUT2D eigenvalue weighted by Gasteiger charge is 2.14. The summed E-state index contributed by atoms with van der Waals surface area (Å²) in [7, 11) is 0. The van der Waals surface area contributed by atoms with Crippen molar-refractivity contribution in [2.24, 2.45) is 0 Å². The Morgan fingerprint density at radius 1 is 0.941 bits per heavy atom. The lowest BCUT2D eigenvalue weighted by Gasteiger charge is -2.21. The standard InChI is InChI=1S/C16H17N/c1-12-5-2-3-7-14(12)15-8-4-6-13-9-10-17-11-16(13)15/h2-8,17H,9-11H2,1H3. The lowest BCUT2D eigenvalue weighted by atomic mass is 9.90. The monoisotopic (exact) mass is 223 g/mol. The van der Waals surface area contributed by atoms with Crippen LogP contribution in [0.1, 0.15) is 16.7 Å². The molecular weight excluding hydrogens is 206 g/mol. The molecule has 0 atom stereocenters. The zero-order valence-electron chi connectivity index (χ0n) is 10.2. The van der Waals surface area contributed by atoms with Gasteiger partial charge >= 0.3 is 0 Å². The van der Waals surface area contributed by atoms with Gasteiger partial charge in [-0.1, -0.05) is 42.5 Å². The Hall–Kier alpha value is -1.60. The summed E-state index contributed by atoms with van der Waals surface area (Å²) in [5, 5.41) is 3.47. The molecule has 0 saturated heterocycles. The van der Waals surface area contributed by atoms with Crippen LogP contribution in [-0.2, 0) is 13.0 Å². The van der Waals surface area contributed by atoms with E-state index in [1.54, 1.807) is 0 Å². The van der Waals surface area contributed by atoms with E-state index in [-0.39, 0.29) is 0 Å². The first kappa shape index (κ1) is 10.5. The third-order valence-electron chi connectivity index (χ3n) is 3.58. The molecule has 1 aliphatic heterocycles. The molecule has 0 radical (unpaired) electrons. The SMILES string of the molecule is Cc1ccccc1-c1cccc2c1CNCC2. The van der Waals surface area contributed by atoms with Gasteiger partial charge in [-0.05, 0) is 47.7 Å². The number of aryl methyl sites for hydroxylation is 1. The highest BCUT2D eigenvalue weighted by atomic mass is 14.9. The molecular formula is C16H17N. The molecule has 0 aromatic heterocycles. The van der Waals surface area contributed by atoms with Crippen molar-refractivity contribution in [3.63, 3.8) is 0 Å². The number of fused-ring (bicyclic) bond motifs is 1. The van der Waals surface area contributed by atoms with Crippen LogP contribution in [0.15, 0.2) is 42.5 Å². The van der Waals surface area contributed by atoms with Crippen molar-refractivity contribution in [3.8, 4) is 11.1 Å². The Morgan fingerprint density at radius 3 is 2.65 bits per heavy atom. The van der Waals surface area contributed by atoms with Gasteiger partial charge in [0.05, 0.1) is 0 Å². The average Bonchev–Trinajstić information content (AvgIpc) is 2.39. The molecule has 17 heavy (non-hydrogen) atoms. The second kappa shape index (κ2) is 4.34. The van der Waals surface area contributed by atoms with E-state index < -0.39 is 0 Å². The van der Waals surface area contributed by atoms with Crippen LogP contribution in [0.25, 0.3) is 11.1 Å². The summed E-state index contributed by atoms with van der Waals surface area (Å²) in [6.45, 7) is 4.29. The van der Waals surface area contributed by atoms with Crippen LogP contribution < -0.4 is 5.32 Å². The third-order valence-corrected chi connectivity index (χ3v) is 3.58. The van der Waals surface area contributed by atoms with E-state index >= 15 is 0 Å². The quantitative estimate of drug-likeness (QED) is 0.782. The highest BCUT2D eigenvalue weighted by Crippen LogP contribution is 2.30. The molecule has 0 spiro atoms. The van der Waals surface area contributed by atoms with Crippen LogP contribution in [0.2, 0.25) is 0 Å². The maximum Gasteiger partial charge on any atom is 0.0214 e. The molecule has 0 fully saturated rings. The molecule has 1 nitrogen and oxygen atoms in total. The fraction of sp³-hybridized carbons (Fsp3) is 0.250. The molecule has 3 rings (SSSR count). The molecule has 1 heterocycles. The van der Waals surface area contributed by atoms with Gasteiger partial charge in [0.15, 0.2) is 0 Å². The van der Waals surface area contributed by atoms with Gasteiger partial charge < -0.3 is 5.32 Å². The summed E-state index contributed by atoms with van der Waals surface area (Å²) < 4.78 is 0. The molecule has 0 unspecified atom stereocenters. The van der Waals surface area contributed by atoms with Gasteiger partial charge in [-0.3, -0.25) is 0 Å². The number of hydrogen-bond acceptors (Lipinski definition) is 1. The maximum atomic E-state index is 3.47. The van der Waals surface area contributed by atoms with E-state index in [4.69, 9.17) is 0 Å². The van der Waals surface area contributed by atoms with Gasteiger partial charge in [-0.2, -0.15) is 0 Å². The maximum absolute atomic E-state index is 3.47. The number of benzene rings is 2. The second-order valence-corrected chi connectivity index (χ2v) is 4.68. The van der Waals surface area contributed by atoms with Crippen molar-refractivity contribution in [3.05, 3.63) is 59.2 Å². The summed E-state index contributed by atoms with van der Waals surface area (Å²) >= 11 is 0. The van der Waals surface area contributed by atoms with Crippen molar-refractivity contribution in [1.29, 1.82) is 0 Å². The van der Waals surface area contributed by atoms with Gasteiger partial charge in [0.2, 0.25) is 0 Å². The normalized spacial score (nSPS) is 14.4. The number of rotatable bonds is 1. The van der Waals surface area contributed by atoms with E-state index in [2.05, 4.69) is 54.7 Å².